The number of benzene rings is 2. The van der Waals surface area contributed by atoms with Gasteiger partial charge in [0, 0.05) is 17.0 Å². The fraction of sp³-hybridized carbons (Fsp3) is 0.273. The van der Waals surface area contributed by atoms with Gasteiger partial charge in [-0.2, -0.15) is 0 Å². The molecule has 0 N–H and O–H groups in total. The molecule has 1 heterocycles. The van der Waals surface area contributed by atoms with Gasteiger partial charge in [-0.3, -0.25) is 4.79 Å². The quantitative estimate of drug-likeness (QED) is 0.517. The molecule has 1 amide bonds. The summed E-state index contributed by atoms with van der Waals surface area (Å²) in [5.41, 5.74) is 1.30. The molecule has 0 aliphatic rings. The minimum Gasteiger partial charge on any atom is -0.486 e. The van der Waals surface area contributed by atoms with Crippen LogP contribution < -0.4 is 4.74 Å². The first-order valence-electron chi connectivity index (χ1n) is 9.24. The topological polar surface area (TPSA) is 42.4 Å². The summed E-state index contributed by atoms with van der Waals surface area (Å²) in [4.78, 5) is 19.3. The van der Waals surface area contributed by atoms with E-state index >= 15 is 0 Å². The van der Waals surface area contributed by atoms with E-state index in [1.807, 2.05) is 49.6 Å². The molecule has 3 rings (SSSR count). The van der Waals surface area contributed by atoms with Crippen molar-refractivity contribution in [2.45, 2.75) is 39.5 Å². The molecule has 6 heteroatoms. The number of carbonyl (C=O) groups is 1. The summed E-state index contributed by atoms with van der Waals surface area (Å²) in [6, 6.07) is 15.3. The Morgan fingerprint density at radius 1 is 1.18 bits per heavy atom. The van der Waals surface area contributed by atoms with Gasteiger partial charge in [-0.1, -0.05) is 25.1 Å². The van der Waals surface area contributed by atoms with E-state index in [9.17, 15) is 9.18 Å². The standard InChI is InChI=1S/C22H23FN2O2S/c1-3-16(2)25(22(26)17-9-11-18(23)12-10-17)13-19-15-28-21(24-19)14-27-20-7-5-4-6-8-20/h4-12,15-16H,3,13-14H2,1-2H3. The van der Waals surface area contributed by atoms with Gasteiger partial charge >= 0.3 is 0 Å². The van der Waals surface area contributed by atoms with E-state index in [0.29, 0.717) is 18.7 Å². The summed E-state index contributed by atoms with van der Waals surface area (Å²) >= 11 is 1.52. The van der Waals surface area contributed by atoms with Gasteiger partial charge in [0.1, 0.15) is 23.2 Å². The average molecular weight is 399 g/mol. The molecule has 3 aromatic rings. The lowest BCUT2D eigenvalue weighted by Crippen LogP contribution is -2.37. The Balaban J connectivity index is 1.68. The zero-order valence-electron chi connectivity index (χ0n) is 16.0. The van der Waals surface area contributed by atoms with E-state index in [0.717, 1.165) is 22.9 Å². The fourth-order valence-corrected chi connectivity index (χ4v) is 3.43. The number of carbonyl (C=O) groups excluding carboxylic acids is 1. The first-order chi connectivity index (χ1) is 13.6. The summed E-state index contributed by atoms with van der Waals surface area (Å²) in [6.45, 7) is 4.85. The van der Waals surface area contributed by atoms with Crippen LogP contribution in [-0.4, -0.2) is 21.8 Å². The highest BCUT2D eigenvalue weighted by Crippen LogP contribution is 2.19. The maximum Gasteiger partial charge on any atom is 0.254 e. The van der Waals surface area contributed by atoms with Gasteiger partial charge in [-0.15, -0.1) is 11.3 Å². The number of ether oxygens (including phenoxy) is 1. The SMILES string of the molecule is CCC(C)N(Cc1csc(COc2ccccc2)n1)C(=O)c1ccc(F)cc1. The Morgan fingerprint density at radius 3 is 2.57 bits per heavy atom. The third kappa shape index (κ3) is 5.16. The number of nitrogens with zero attached hydrogens (tertiary/aromatic N) is 2. The second kappa shape index (κ2) is 9.46. The highest BCUT2D eigenvalue weighted by Gasteiger charge is 2.22. The smallest absolute Gasteiger partial charge is 0.254 e. The number of hydrogen-bond acceptors (Lipinski definition) is 4. The lowest BCUT2D eigenvalue weighted by atomic mass is 10.1. The van der Waals surface area contributed by atoms with E-state index < -0.39 is 0 Å². The highest BCUT2D eigenvalue weighted by molar-refractivity contribution is 7.09. The van der Waals surface area contributed by atoms with Crippen LogP contribution in [0.25, 0.3) is 0 Å². The lowest BCUT2D eigenvalue weighted by Gasteiger charge is -2.28. The maximum absolute atomic E-state index is 13.2. The van der Waals surface area contributed by atoms with Gasteiger partial charge in [0.25, 0.3) is 5.91 Å². The van der Waals surface area contributed by atoms with Crippen LogP contribution in [0.5, 0.6) is 5.75 Å². The van der Waals surface area contributed by atoms with Crippen molar-refractivity contribution in [3.05, 3.63) is 82.1 Å². The summed E-state index contributed by atoms with van der Waals surface area (Å²) < 4.78 is 18.9. The van der Waals surface area contributed by atoms with Gasteiger partial charge in [-0.05, 0) is 49.7 Å². The van der Waals surface area contributed by atoms with Crippen molar-refractivity contribution in [1.29, 1.82) is 0 Å². The largest absolute Gasteiger partial charge is 0.486 e. The van der Waals surface area contributed by atoms with Gasteiger partial charge in [0.2, 0.25) is 0 Å². The molecule has 0 aliphatic carbocycles. The monoisotopic (exact) mass is 398 g/mol. The number of hydrogen-bond donors (Lipinski definition) is 0. The van der Waals surface area contributed by atoms with Crippen LogP contribution in [0.1, 0.15) is 41.3 Å². The number of para-hydroxylation sites is 1. The van der Waals surface area contributed by atoms with Crippen molar-refractivity contribution in [2.24, 2.45) is 0 Å². The molecule has 1 aromatic heterocycles. The molecule has 0 spiro atoms. The van der Waals surface area contributed by atoms with Crippen molar-refractivity contribution >= 4 is 17.2 Å². The summed E-state index contributed by atoms with van der Waals surface area (Å²) in [5, 5.41) is 2.81. The van der Waals surface area contributed by atoms with Crippen molar-refractivity contribution in [3.63, 3.8) is 0 Å². The molecule has 1 unspecified atom stereocenters. The zero-order chi connectivity index (χ0) is 19.9. The van der Waals surface area contributed by atoms with Crippen molar-refractivity contribution in [2.75, 3.05) is 0 Å². The Hall–Kier alpha value is -2.73. The summed E-state index contributed by atoms with van der Waals surface area (Å²) in [6.07, 6.45) is 0.820. The van der Waals surface area contributed by atoms with Crippen LogP contribution >= 0.6 is 11.3 Å². The van der Waals surface area contributed by atoms with Crippen molar-refractivity contribution in [3.8, 4) is 5.75 Å². The van der Waals surface area contributed by atoms with E-state index in [-0.39, 0.29) is 17.8 Å². The fourth-order valence-electron chi connectivity index (χ4n) is 2.73. The summed E-state index contributed by atoms with van der Waals surface area (Å²) in [7, 11) is 0. The Bertz CT molecular complexity index is 896. The predicted octanol–water partition coefficient (Wildman–Crippen LogP) is 5.30. The number of thiazole rings is 1. The van der Waals surface area contributed by atoms with E-state index in [1.165, 1.54) is 35.6 Å². The Morgan fingerprint density at radius 2 is 1.89 bits per heavy atom. The molecule has 0 saturated carbocycles. The second-order valence-corrected chi connectivity index (χ2v) is 7.47. The van der Waals surface area contributed by atoms with Gasteiger partial charge in [0.05, 0.1) is 12.2 Å². The van der Waals surface area contributed by atoms with Crippen LogP contribution in [0.3, 0.4) is 0 Å². The second-order valence-electron chi connectivity index (χ2n) is 6.53. The van der Waals surface area contributed by atoms with E-state index in [4.69, 9.17) is 4.74 Å². The first-order valence-corrected chi connectivity index (χ1v) is 10.1. The molecule has 0 fully saturated rings. The van der Waals surface area contributed by atoms with Gasteiger partial charge < -0.3 is 9.64 Å². The third-order valence-electron chi connectivity index (χ3n) is 4.51. The van der Waals surface area contributed by atoms with Crippen molar-refractivity contribution < 1.29 is 13.9 Å². The number of aromatic nitrogens is 1. The van der Waals surface area contributed by atoms with E-state index in [2.05, 4.69) is 4.98 Å². The number of halogens is 1. The normalized spacial score (nSPS) is 11.8. The van der Waals surface area contributed by atoms with Crippen LogP contribution in [0, 0.1) is 5.82 Å². The number of rotatable bonds is 8. The molecule has 0 bridgehead atoms. The van der Waals surface area contributed by atoms with Crippen molar-refractivity contribution in [1.82, 2.24) is 9.88 Å². The maximum atomic E-state index is 13.2. The number of amides is 1. The van der Waals surface area contributed by atoms with Gasteiger partial charge in [0.15, 0.2) is 0 Å². The van der Waals surface area contributed by atoms with Crippen LogP contribution in [0.2, 0.25) is 0 Å². The predicted molar refractivity (Wildman–Crippen MR) is 109 cm³/mol. The first kappa shape index (κ1) is 20.0. The molecule has 1 atom stereocenters. The minimum atomic E-state index is -0.353. The molecule has 0 saturated heterocycles. The highest BCUT2D eigenvalue weighted by atomic mass is 32.1. The molecule has 28 heavy (non-hydrogen) atoms. The Kier molecular flexibility index (Phi) is 6.76. The molecule has 4 nitrogen and oxygen atoms in total. The van der Waals surface area contributed by atoms with Crippen LogP contribution in [0.15, 0.2) is 60.0 Å². The molecule has 0 aliphatic heterocycles. The molecule has 146 valence electrons. The lowest BCUT2D eigenvalue weighted by molar-refractivity contribution is 0.0669. The minimum absolute atomic E-state index is 0.0447. The summed E-state index contributed by atoms with van der Waals surface area (Å²) in [5.74, 6) is 0.325. The van der Waals surface area contributed by atoms with Crippen LogP contribution in [-0.2, 0) is 13.2 Å². The molecule has 2 aromatic carbocycles. The molecule has 0 radical (unpaired) electrons. The van der Waals surface area contributed by atoms with Gasteiger partial charge in [-0.25, -0.2) is 9.37 Å². The van der Waals surface area contributed by atoms with E-state index in [1.54, 1.807) is 4.90 Å². The molecular weight excluding hydrogens is 375 g/mol. The average Bonchev–Trinajstić information content (AvgIpc) is 3.18. The molecular formula is C22H23FN2O2S. The third-order valence-corrected chi connectivity index (χ3v) is 5.38. The van der Waals surface area contributed by atoms with Crippen LogP contribution in [0.4, 0.5) is 4.39 Å². The Labute approximate surface area is 168 Å². The zero-order valence-corrected chi connectivity index (χ0v) is 16.8.